The molecular formula is C13H21ClN2. The zero-order valence-electron chi connectivity index (χ0n) is 10.1. The van der Waals surface area contributed by atoms with Crippen LogP contribution in [0.5, 0.6) is 0 Å². The minimum absolute atomic E-state index is 0. The number of hydrogen-bond acceptors (Lipinski definition) is 2. The molecule has 1 saturated heterocycles. The monoisotopic (exact) mass is 240 g/mol. The number of hydrogen-bond donors (Lipinski definition) is 1. The van der Waals surface area contributed by atoms with Crippen LogP contribution in [0.4, 0.5) is 0 Å². The van der Waals surface area contributed by atoms with E-state index in [2.05, 4.69) is 36.9 Å². The SMILES string of the molecule is Cc1cccc(CN2CC[C@H](N)C2)c1C.Cl. The molecule has 3 heteroatoms. The fraction of sp³-hybridized carbons (Fsp3) is 0.538. The van der Waals surface area contributed by atoms with E-state index in [-0.39, 0.29) is 12.4 Å². The summed E-state index contributed by atoms with van der Waals surface area (Å²) in [6.45, 7) is 7.64. The summed E-state index contributed by atoms with van der Waals surface area (Å²) in [6.07, 6.45) is 1.14. The minimum atomic E-state index is 0. The summed E-state index contributed by atoms with van der Waals surface area (Å²) < 4.78 is 0. The first kappa shape index (κ1) is 13.5. The Labute approximate surface area is 104 Å². The van der Waals surface area contributed by atoms with Crippen molar-refractivity contribution < 1.29 is 0 Å². The van der Waals surface area contributed by atoms with E-state index in [1.54, 1.807) is 0 Å². The third kappa shape index (κ3) is 2.97. The highest BCUT2D eigenvalue weighted by molar-refractivity contribution is 5.85. The molecule has 0 aromatic heterocycles. The zero-order valence-corrected chi connectivity index (χ0v) is 10.9. The Hall–Kier alpha value is -0.570. The normalized spacial score (nSPS) is 20.8. The predicted octanol–water partition coefficient (Wildman–Crippen LogP) is 2.26. The number of nitrogens with two attached hydrogens (primary N) is 1. The third-order valence-corrected chi connectivity index (χ3v) is 3.42. The van der Waals surface area contributed by atoms with Gasteiger partial charge in [-0.1, -0.05) is 18.2 Å². The van der Waals surface area contributed by atoms with Gasteiger partial charge in [0.2, 0.25) is 0 Å². The van der Waals surface area contributed by atoms with Gasteiger partial charge in [0.1, 0.15) is 0 Å². The van der Waals surface area contributed by atoms with Crippen molar-refractivity contribution in [2.24, 2.45) is 5.73 Å². The summed E-state index contributed by atoms with van der Waals surface area (Å²) in [4.78, 5) is 2.45. The maximum absolute atomic E-state index is 5.91. The molecule has 1 aromatic carbocycles. The van der Waals surface area contributed by atoms with Crippen molar-refractivity contribution in [1.29, 1.82) is 0 Å². The highest BCUT2D eigenvalue weighted by Crippen LogP contribution is 2.17. The summed E-state index contributed by atoms with van der Waals surface area (Å²) in [7, 11) is 0. The number of aryl methyl sites for hydroxylation is 1. The van der Waals surface area contributed by atoms with Crippen molar-refractivity contribution in [2.75, 3.05) is 13.1 Å². The van der Waals surface area contributed by atoms with E-state index in [0.717, 1.165) is 26.1 Å². The largest absolute Gasteiger partial charge is 0.326 e. The molecule has 1 aliphatic heterocycles. The van der Waals surface area contributed by atoms with Crippen LogP contribution in [0.15, 0.2) is 18.2 Å². The summed E-state index contributed by atoms with van der Waals surface area (Å²) in [5.41, 5.74) is 10.2. The highest BCUT2D eigenvalue weighted by Gasteiger charge is 2.19. The molecule has 2 nitrogen and oxygen atoms in total. The fourth-order valence-corrected chi connectivity index (χ4v) is 2.23. The van der Waals surface area contributed by atoms with E-state index >= 15 is 0 Å². The smallest absolute Gasteiger partial charge is 0.0237 e. The molecule has 0 spiro atoms. The second-order valence-corrected chi connectivity index (χ2v) is 4.64. The van der Waals surface area contributed by atoms with Gasteiger partial charge in [0.05, 0.1) is 0 Å². The average Bonchev–Trinajstić information content (AvgIpc) is 2.59. The van der Waals surface area contributed by atoms with Gasteiger partial charge >= 0.3 is 0 Å². The van der Waals surface area contributed by atoms with Gasteiger partial charge in [0.15, 0.2) is 0 Å². The highest BCUT2D eigenvalue weighted by atomic mass is 35.5. The van der Waals surface area contributed by atoms with Gasteiger partial charge in [-0.05, 0) is 37.0 Å². The van der Waals surface area contributed by atoms with Gasteiger partial charge in [0.25, 0.3) is 0 Å². The van der Waals surface area contributed by atoms with Crippen LogP contribution in [-0.2, 0) is 6.54 Å². The molecule has 1 fully saturated rings. The van der Waals surface area contributed by atoms with Crippen molar-refractivity contribution in [1.82, 2.24) is 4.90 Å². The topological polar surface area (TPSA) is 29.3 Å². The Balaban J connectivity index is 0.00000128. The number of nitrogens with zero attached hydrogens (tertiary/aromatic N) is 1. The van der Waals surface area contributed by atoms with Crippen molar-refractivity contribution in [2.45, 2.75) is 32.9 Å². The Kier molecular flexibility index (Phi) is 4.78. The predicted molar refractivity (Wildman–Crippen MR) is 71.0 cm³/mol. The second-order valence-electron chi connectivity index (χ2n) is 4.64. The summed E-state index contributed by atoms with van der Waals surface area (Å²) in [5.74, 6) is 0. The molecule has 1 aromatic rings. The number of likely N-dealkylation sites (tertiary alicyclic amines) is 1. The third-order valence-electron chi connectivity index (χ3n) is 3.42. The van der Waals surface area contributed by atoms with Crippen LogP contribution in [0.3, 0.4) is 0 Å². The van der Waals surface area contributed by atoms with Crippen molar-refractivity contribution in [3.63, 3.8) is 0 Å². The van der Waals surface area contributed by atoms with E-state index in [4.69, 9.17) is 5.73 Å². The van der Waals surface area contributed by atoms with E-state index in [0.29, 0.717) is 6.04 Å². The molecule has 0 unspecified atom stereocenters. The molecule has 0 bridgehead atoms. The van der Waals surface area contributed by atoms with Crippen molar-refractivity contribution in [3.8, 4) is 0 Å². The van der Waals surface area contributed by atoms with E-state index in [1.165, 1.54) is 16.7 Å². The van der Waals surface area contributed by atoms with Crippen LogP contribution in [0.1, 0.15) is 23.1 Å². The molecule has 1 atom stereocenters. The number of rotatable bonds is 2. The van der Waals surface area contributed by atoms with Crippen LogP contribution in [-0.4, -0.2) is 24.0 Å². The lowest BCUT2D eigenvalue weighted by atomic mass is 10.0. The Morgan fingerprint density at radius 2 is 2.12 bits per heavy atom. The fourth-order valence-electron chi connectivity index (χ4n) is 2.23. The number of benzene rings is 1. The maximum atomic E-state index is 5.91. The van der Waals surface area contributed by atoms with Gasteiger partial charge < -0.3 is 5.73 Å². The maximum Gasteiger partial charge on any atom is 0.0237 e. The molecule has 0 saturated carbocycles. The lowest BCUT2D eigenvalue weighted by Crippen LogP contribution is -2.26. The summed E-state index contributed by atoms with van der Waals surface area (Å²) >= 11 is 0. The molecule has 1 aliphatic rings. The average molecular weight is 241 g/mol. The van der Waals surface area contributed by atoms with Crippen LogP contribution in [0.2, 0.25) is 0 Å². The van der Waals surface area contributed by atoms with Crippen molar-refractivity contribution >= 4 is 12.4 Å². The van der Waals surface area contributed by atoms with Crippen LogP contribution >= 0.6 is 12.4 Å². The first-order valence-electron chi connectivity index (χ1n) is 5.70. The van der Waals surface area contributed by atoms with Crippen LogP contribution in [0.25, 0.3) is 0 Å². The van der Waals surface area contributed by atoms with Crippen LogP contribution < -0.4 is 5.73 Å². The van der Waals surface area contributed by atoms with E-state index in [1.807, 2.05) is 0 Å². The molecule has 90 valence electrons. The van der Waals surface area contributed by atoms with Crippen LogP contribution in [0, 0.1) is 13.8 Å². The summed E-state index contributed by atoms with van der Waals surface area (Å²) in [6, 6.07) is 6.93. The quantitative estimate of drug-likeness (QED) is 0.859. The van der Waals surface area contributed by atoms with Gasteiger partial charge in [-0.3, -0.25) is 4.90 Å². The molecule has 2 rings (SSSR count). The first-order chi connectivity index (χ1) is 7.16. The van der Waals surface area contributed by atoms with Gasteiger partial charge in [0, 0.05) is 25.7 Å². The molecule has 1 heterocycles. The van der Waals surface area contributed by atoms with Gasteiger partial charge in [-0.15, -0.1) is 12.4 Å². The molecule has 16 heavy (non-hydrogen) atoms. The van der Waals surface area contributed by atoms with E-state index < -0.39 is 0 Å². The van der Waals surface area contributed by atoms with Crippen molar-refractivity contribution in [3.05, 3.63) is 34.9 Å². The lowest BCUT2D eigenvalue weighted by molar-refractivity contribution is 0.326. The van der Waals surface area contributed by atoms with E-state index in [9.17, 15) is 0 Å². The minimum Gasteiger partial charge on any atom is -0.326 e. The lowest BCUT2D eigenvalue weighted by Gasteiger charge is -2.17. The number of halogens is 1. The standard InChI is InChI=1S/C13H20N2.ClH/c1-10-4-3-5-12(11(10)2)8-15-7-6-13(14)9-15;/h3-5,13H,6-9,14H2,1-2H3;1H/t13-;/m0./s1. The Morgan fingerprint density at radius 1 is 1.38 bits per heavy atom. The molecule has 0 radical (unpaired) electrons. The molecule has 0 amide bonds. The Bertz CT molecular complexity index is 352. The Morgan fingerprint density at radius 3 is 2.75 bits per heavy atom. The molecule has 2 N–H and O–H groups in total. The molecular weight excluding hydrogens is 220 g/mol. The first-order valence-corrected chi connectivity index (χ1v) is 5.70. The zero-order chi connectivity index (χ0) is 10.8. The van der Waals surface area contributed by atoms with Gasteiger partial charge in [-0.25, -0.2) is 0 Å². The van der Waals surface area contributed by atoms with Gasteiger partial charge in [-0.2, -0.15) is 0 Å². The summed E-state index contributed by atoms with van der Waals surface area (Å²) in [5, 5.41) is 0. The second kappa shape index (κ2) is 5.67. The molecule has 0 aliphatic carbocycles.